The van der Waals surface area contributed by atoms with E-state index in [1.807, 2.05) is 6.92 Å². The predicted octanol–water partition coefficient (Wildman–Crippen LogP) is 1.31. The van der Waals surface area contributed by atoms with Gasteiger partial charge < -0.3 is 24.9 Å². The van der Waals surface area contributed by atoms with E-state index in [1.54, 1.807) is 26.0 Å². The second kappa shape index (κ2) is 9.20. The average molecular weight is 430 g/mol. The van der Waals surface area contributed by atoms with Crippen molar-refractivity contribution >= 4 is 28.8 Å². The summed E-state index contributed by atoms with van der Waals surface area (Å²) in [5, 5.41) is 14.6. The third-order valence-corrected chi connectivity index (χ3v) is 5.23. The number of carboxylic acid groups (broad SMARTS) is 1. The molecule has 9 heteroatoms. The zero-order valence-electron chi connectivity index (χ0n) is 17.7. The minimum absolute atomic E-state index is 0.295. The van der Waals surface area contributed by atoms with Gasteiger partial charge in [0.15, 0.2) is 6.61 Å². The highest BCUT2D eigenvalue weighted by Crippen LogP contribution is 2.35. The summed E-state index contributed by atoms with van der Waals surface area (Å²) in [5.74, 6) is -2.12. The van der Waals surface area contributed by atoms with E-state index in [9.17, 15) is 19.2 Å². The molecule has 2 amide bonds. The molecule has 0 bridgehead atoms. The van der Waals surface area contributed by atoms with Gasteiger partial charge in [0.25, 0.3) is 5.91 Å². The number of carbonyl (C=O) groups is 3. The summed E-state index contributed by atoms with van der Waals surface area (Å²) in [4.78, 5) is 47.5. The van der Waals surface area contributed by atoms with Crippen LogP contribution in [-0.2, 0) is 27.2 Å². The molecule has 1 atom stereocenters. The molecule has 166 valence electrons. The number of hydrogen-bond acceptors (Lipinski definition) is 6. The van der Waals surface area contributed by atoms with Gasteiger partial charge in [-0.1, -0.05) is 13.8 Å². The summed E-state index contributed by atoms with van der Waals surface area (Å²) in [7, 11) is 0. The molecule has 1 heterocycles. The Bertz CT molecular complexity index is 1090. The lowest BCUT2D eigenvalue weighted by molar-refractivity contribution is -0.143. The number of aryl methyl sites for hydroxylation is 2. The largest absolute Gasteiger partial charge is 0.483 e. The Kier molecular flexibility index (Phi) is 6.62. The third-order valence-electron chi connectivity index (χ3n) is 5.23. The quantitative estimate of drug-likeness (QED) is 0.538. The van der Waals surface area contributed by atoms with Crippen molar-refractivity contribution in [3.8, 4) is 5.75 Å². The van der Waals surface area contributed by atoms with E-state index >= 15 is 0 Å². The molecule has 0 fully saturated rings. The van der Waals surface area contributed by atoms with Crippen LogP contribution in [0, 0.1) is 12.8 Å². The molecule has 0 saturated heterocycles. The number of ether oxygens (including phenoxy) is 1. The Hall–Kier alpha value is -3.36. The van der Waals surface area contributed by atoms with Gasteiger partial charge in [0.05, 0.1) is 11.9 Å². The van der Waals surface area contributed by atoms with Crippen LogP contribution in [0.5, 0.6) is 5.75 Å². The molecule has 2 aromatic rings. The number of aliphatic carboxylic acids is 1. The Balaban J connectivity index is 1.66. The molecule has 9 nitrogen and oxygen atoms in total. The first kappa shape index (κ1) is 22.3. The van der Waals surface area contributed by atoms with Crippen molar-refractivity contribution in [3.05, 3.63) is 39.2 Å². The lowest BCUT2D eigenvalue weighted by Gasteiger charge is -2.18. The van der Waals surface area contributed by atoms with E-state index in [0.29, 0.717) is 28.7 Å². The topological polar surface area (TPSA) is 135 Å². The maximum Gasteiger partial charge on any atom is 0.339 e. The van der Waals surface area contributed by atoms with Crippen LogP contribution in [0.2, 0.25) is 0 Å². The van der Waals surface area contributed by atoms with Crippen LogP contribution in [0.25, 0.3) is 11.0 Å². The monoisotopic (exact) mass is 430 g/mol. The normalized spacial score (nSPS) is 13.7. The molecule has 1 aliphatic rings. The third kappa shape index (κ3) is 5.04. The van der Waals surface area contributed by atoms with Crippen molar-refractivity contribution in [1.82, 2.24) is 10.6 Å². The van der Waals surface area contributed by atoms with E-state index in [2.05, 4.69) is 10.6 Å². The molecular weight excluding hydrogens is 404 g/mol. The number of hydrogen-bond donors (Lipinski definition) is 3. The van der Waals surface area contributed by atoms with Gasteiger partial charge in [-0.2, -0.15) is 0 Å². The summed E-state index contributed by atoms with van der Waals surface area (Å²) in [6, 6.07) is 2.51. The fourth-order valence-corrected chi connectivity index (χ4v) is 3.73. The molecule has 3 N–H and O–H groups in total. The maximum absolute atomic E-state index is 12.2. The molecule has 0 saturated carbocycles. The van der Waals surface area contributed by atoms with E-state index < -0.39 is 23.8 Å². The molecule has 0 aliphatic heterocycles. The number of carboxylic acids is 1. The Morgan fingerprint density at radius 3 is 2.55 bits per heavy atom. The molecule has 0 radical (unpaired) electrons. The predicted molar refractivity (Wildman–Crippen MR) is 112 cm³/mol. The van der Waals surface area contributed by atoms with E-state index in [1.165, 1.54) is 0 Å². The lowest BCUT2D eigenvalue weighted by atomic mass is 10.0. The van der Waals surface area contributed by atoms with Crippen LogP contribution in [0.3, 0.4) is 0 Å². The Labute approximate surface area is 178 Å². The number of nitrogens with one attached hydrogen (secondary N) is 2. The van der Waals surface area contributed by atoms with Crippen molar-refractivity contribution in [3.63, 3.8) is 0 Å². The summed E-state index contributed by atoms with van der Waals surface area (Å²) in [6.45, 7) is 4.48. The molecule has 3 rings (SSSR count). The molecule has 1 aromatic heterocycles. The van der Waals surface area contributed by atoms with Crippen LogP contribution in [0.15, 0.2) is 21.3 Å². The number of amides is 2. The standard InChI is InChI=1S/C22H26N2O7/c1-11(2)20(21(27)28)24-17(25)9-23-18(26)10-30-15-7-12(3)8-16-19(15)13-5-4-6-14(13)22(29)31-16/h7-8,11,20H,4-6,9-10H2,1-3H3,(H,23,26)(H,24,25)(H,27,28). The van der Waals surface area contributed by atoms with Crippen LogP contribution in [0.1, 0.15) is 37.0 Å². The Morgan fingerprint density at radius 1 is 1.16 bits per heavy atom. The van der Waals surface area contributed by atoms with E-state index in [4.69, 9.17) is 14.3 Å². The zero-order valence-corrected chi connectivity index (χ0v) is 17.7. The number of fused-ring (bicyclic) bond motifs is 3. The summed E-state index contributed by atoms with van der Waals surface area (Å²) < 4.78 is 11.2. The molecule has 1 unspecified atom stereocenters. The fraction of sp³-hybridized carbons (Fsp3) is 0.455. The average Bonchev–Trinajstić information content (AvgIpc) is 3.18. The molecule has 0 spiro atoms. The number of rotatable bonds is 8. The van der Waals surface area contributed by atoms with Gasteiger partial charge in [-0.25, -0.2) is 9.59 Å². The first-order chi connectivity index (χ1) is 14.7. The highest BCUT2D eigenvalue weighted by Gasteiger charge is 2.24. The van der Waals surface area contributed by atoms with Crippen molar-refractivity contribution in [1.29, 1.82) is 0 Å². The highest BCUT2D eigenvalue weighted by atomic mass is 16.5. The molecule has 1 aromatic carbocycles. The van der Waals surface area contributed by atoms with Crippen molar-refractivity contribution in [2.24, 2.45) is 5.92 Å². The highest BCUT2D eigenvalue weighted by molar-refractivity contribution is 5.90. The zero-order chi connectivity index (χ0) is 22.7. The molecular formula is C22H26N2O7. The minimum Gasteiger partial charge on any atom is -0.483 e. The number of carbonyl (C=O) groups excluding carboxylic acids is 2. The van der Waals surface area contributed by atoms with Gasteiger partial charge in [-0.3, -0.25) is 9.59 Å². The molecule has 1 aliphatic carbocycles. The smallest absolute Gasteiger partial charge is 0.339 e. The van der Waals surface area contributed by atoms with Crippen molar-refractivity contribution < 1.29 is 28.6 Å². The first-order valence-electron chi connectivity index (χ1n) is 10.2. The van der Waals surface area contributed by atoms with Gasteiger partial charge in [0, 0.05) is 5.56 Å². The van der Waals surface area contributed by atoms with E-state index in [-0.39, 0.29) is 24.7 Å². The SMILES string of the molecule is Cc1cc(OCC(=O)NCC(=O)NC(C(=O)O)C(C)C)c2c3c(c(=O)oc2c1)CCC3. The first-order valence-corrected chi connectivity index (χ1v) is 10.2. The molecule has 31 heavy (non-hydrogen) atoms. The summed E-state index contributed by atoms with van der Waals surface area (Å²) >= 11 is 0. The summed E-state index contributed by atoms with van der Waals surface area (Å²) in [6.07, 6.45) is 2.25. The second-order valence-corrected chi connectivity index (χ2v) is 8.03. The minimum atomic E-state index is -1.14. The van der Waals surface area contributed by atoms with Crippen LogP contribution >= 0.6 is 0 Å². The van der Waals surface area contributed by atoms with E-state index in [0.717, 1.165) is 24.0 Å². The van der Waals surface area contributed by atoms with Crippen LogP contribution in [-0.4, -0.2) is 42.1 Å². The van der Waals surface area contributed by atoms with Gasteiger partial charge in [-0.05, 0) is 55.4 Å². The maximum atomic E-state index is 12.2. The number of benzene rings is 1. The van der Waals surface area contributed by atoms with Crippen molar-refractivity contribution in [2.75, 3.05) is 13.2 Å². The van der Waals surface area contributed by atoms with Gasteiger partial charge in [0.1, 0.15) is 17.4 Å². The van der Waals surface area contributed by atoms with Crippen LogP contribution in [0.4, 0.5) is 0 Å². The van der Waals surface area contributed by atoms with Crippen molar-refractivity contribution in [2.45, 2.75) is 46.1 Å². The second-order valence-electron chi connectivity index (χ2n) is 8.03. The van der Waals surface area contributed by atoms with Crippen LogP contribution < -0.4 is 21.0 Å². The fourth-order valence-electron chi connectivity index (χ4n) is 3.73. The van der Waals surface area contributed by atoms with Gasteiger partial charge >= 0.3 is 11.6 Å². The Morgan fingerprint density at radius 2 is 1.87 bits per heavy atom. The summed E-state index contributed by atoms with van der Waals surface area (Å²) in [5.41, 5.74) is 2.46. The van der Waals surface area contributed by atoms with Gasteiger partial charge in [0.2, 0.25) is 5.91 Å². The van der Waals surface area contributed by atoms with Gasteiger partial charge in [-0.15, -0.1) is 0 Å². The lowest BCUT2D eigenvalue weighted by Crippen LogP contribution is -2.48.